The highest BCUT2D eigenvalue weighted by Crippen LogP contribution is 2.27. The van der Waals surface area contributed by atoms with Gasteiger partial charge in [0, 0.05) is 24.8 Å². The van der Waals surface area contributed by atoms with Crippen molar-refractivity contribution in [3.8, 4) is 12.3 Å². The monoisotopic (exact) mass is 367 g/mol. The number of anilines is 1. The number of fused-ring (bicyclic) bond motifs is 1. The van der Waals surface area contributed by atoms with E-state index in [0.717, 1.165) is 35.3 Å². The number of ether oxygens (including phenoxy) is 1. The summed E-state index contributed by atoms with van der Waals surface area (Å²) in [4.78, 5) is 25.9. The molecular weight excluding hydrogens is 342 g/mol. The van der Waals surface area contributed by atoms with E-state index in [1.54, 1.807) is 0 Å². The number of rotatable bonds is 7. The van der Waals surface area contributed by atoms with Crippen LogP contribution in [0.1, 0.15) is 25.3 Å². The largest absolute Gasteiger partial charge is 0.368 e. The molecule has 1 aliphatic rings. The summed E-state index contributed by atoms with van der Waals surface area (Å²) in [5, 5.41) is 4.47. The van der Waals surface area contributed by atoms with Gasteiger partial charge in [-0.05, 0) is 37.8 Å². The van der Waals surface area contributed by atoms with E-state index in [-0.39, 0.29) is 18.0 Å². The first-order chi connectivity index (χ1) is 13.1. The molecule has 0 aliphatic carbocycles. The van der Waals surface area contributed by atoms with E-state index in [4.69, 9.17) is 11.2 Å². The molecule has 1 amide bonds. The Balaban J connectivity index is 1.76. The lowest BCUT2D eigenvalue weighted by Gasteiger charge is -2.38. The van der Waals surface area contributed by atoms with E-state index in [9.17, 15) is 4.79 Å². The fraction of sp³-hybridized carbons (Fsp3) is 0.450. The highest BCUT2D eigenvalue weighted by atomic mass is 16.5. The highest BCUT2D eigenvalue weighted by Gasteiger charge is 2.28. The van der Waals surface area contributed by atoms with Crippen LogP contribution in [0.5, 0.6) is 0 Å². The SMILES string of the molecule is C#CCOCCc1c[nH]c2ncnc(NC3CCC(C)N(C(=O)C=C)C3)c12. The van der Waals surface area contributed by atoms with Gasteiger partial charge in [-0.3, -0.25) is 4.79 Å². The summed E-state index contributed by atoms with van der Waals surface area (Å²) in [6.07, 6.45) is 12.7. The molecule has 1 aliphatic heterocycles. The number of amides is 1. The van der Waals surface area contributed by atoms with Crippen LogP contribution in [-0.2, 0) is 16.0 Å². The molecule has 27 heavy (non-hydrogen) atoms. The topological polar surface area (TPSA) is 83.1 Å². The Morgan fingerprint density at radius 3 is 3.19 bits per heavy atom. The second-order valence-electron chi connectivity index (χ2n) is 6.73. The maximum absolute atomic E-state index is 12.1. The quantitative estimate of drug-likeness (QED) is 0.445. The zero-order valence-corrected chi connectivity index (χ0v) is 15.6. The maximum Gasteiger partial charge on any atom is 0.246 e. The molecule has 0 aromatic carbocycles. The zero-order chi connectivity index (χ0) is 19.2. The summed E-state index contributed by atoms with van der Waals surface area (Å²) in [7, 11) is 0. The van der Waals surface area contributed by atoms with Crippen molar-refractivity contribution in [1.29, 1.82) is 0 Å². The molecule has 2 N–H and O–H groups in total. The Labute approximate surface area is 159 Å². The van der Waals surface area contributed by atoms with Gasteiger partial charge in [-0.25, -0.2) is 9.97 Å². The molecule has 0 spiro atoms. The molecule has 0 bridgehead atoms. The first-order valence-electron chi connectivity index (χ1n) is 9.15. The number of likely N-dealkylation sites (tertiary alicyclic amines) is 1. The number of aromatic nitrogens is 3. The predicted octanol–water partition coefficient (Wildman–Crippen LogP) is 2.13. The lowest BCUT2D eigenvalue weighted by Crippen LogP contribution is -2.49. The van der Waals surface area contributed by atoms with Crippen LogP contribution in [0.2, 0.25) is 0 Å². The zero-order valence-electron chi connectivity index (χ0n) is 15.6. The Kier molecular flexibility index (Phi) is 6.09. The number of H-pyrrole nitrogens is 1. The first-order valence-corrected chi connectivity index (χ1v) is 9.15. The van der Waals surface area contributed by atoms with Crippen molar-refractivity contribution in [2.24, 2.45) is 0 Å². The fourth-order valence-electron chi connectivity index (χ4n) is 3.49. The molecule has 3 rings (SSSR count). The van der Waals surface area contributed by atoms with Crippen molar-refractivity contribution < 1.29 is 9.53 Å². The molecule has 1 fully saturated rings. The van der Waals surface area contributed by atoms with E-state index in [0.29, 0.717) is 26.2 Å². The fourth-order valence-corrected chi connectivity index (χ4v) is 3.49. The molecule has 2 aromatic rings. The molecule has 7 nitrogen and oxygen atoms in total. The maximum atomic E-state index is 12.1. The molecule has 2 aromatic heterocycles. The van der Waals surface area contributed by atoms with Crippen molar-refractivity contribution >= 4 is 22.8 Å². The standard InChI is InChI=1S/C20H25N5O2/c1-4-9-27-10-8-15-11-21-19-18(15)20(23-13-22-19)24-16-7-6-14(3)25(12-16)17(26)5-2/h1,5,11,13-14,16H,2,6-10,12H2,3H3,(H2,21,22,23,24). The van der Waals surface area contributed by atoms with Crippen LogP contribution in [0.3, 0.4) is 0 Å². The van der Waals surface area contributed by atoms with Crippen LogP contribution in [0.15, 0.2) is 25.2 Å². The van der Waals surface area contributed by atoms with E-state index in [1.165, 1.54) is 12.4 Å². The summed E-state index contributed by atoms with van der Waals surface area (Å²) in [5.41, 5.74) is 1.86. The van der Waals surface area contributed by atoms with Gasteiger partial charge in [0.25, 0.3) is 0 Å². The molecular formula is C20H25N5O2. The normalized spacial score (nSPS) is 19.6. The number of hydrogen-bond donors (Lipinski definition) is 2. The molecule has 142 valence electrons. The lowest BCUT2D eigenvalue weighted by atomic mass is 9.99. The van der Waals surface area contributed by atoms with E-state index in [2.05, 4.69) is 39.7 Å². The van der Waals surface area contributed by atoms with E-state index < -0.39 is 0 Å². The summed E-state index contributed by atoms with van der Waals surface area (Å²) >= 11 is 0. The van der Waals surface area contributed by atoms with Crippen molar-refractivity contribution in [3.05, 3.63) is 30.7 Å². The second-order valence-corrected chi connectivity index (χ2v) is 6.73. The predicted molar refractivity (Wildman–Crippen MR) is 105 cm³/mol. The van der Waals surface area contributed by atoms with Gasteiger partial charge in [0.2, 0.25) is 5.91 Å². The summed E-state index contributed by atoms with van der Waals surface area (Å²) in [6, 6.07) is 0.346. The molecule has 2 unspecified atom stereocenters. The van der Waals surface area contributed by atoms with Gasteiger partial charge in [0.05, 0.1) is 12.0 Å². The van der Waals surface area contributed by atoms with Crippen LogP contribution >= 0.6 is 0 Å². The van der Waals surface area contributed by atoms with E-state index in [1.807, 2.05) is 11.1 Å². The summed E-state index contributed by atoms with van der Waals surface area (Å²) in [6.45, 7) is 7.14. The third-order valence-corrected chi connectivity index (χ3v) is 4.93. The Morgan fingerprint density at radius 1 is 1.56 bits per heavy atom. The minimum Gasteiger partial charge on any atom is -0.368 e. The Bertz CT molecular complexity index is 854. The smallest absolute Gasteiger partial charge is 0.246 e. The van der Waals surface area contributed by atoms with E-state index >= 15 is 0 Å². The van der Waals surface area contributed by atoms with Crippen molar-refractivity contribution in [3.63, 3.8) is 0 Å². The van der Waals surface area contributed by atoms with Gasteiger partial charge in [0.15, 0.2) is 0 Å². The number of nitrogens with zero attached hydrogens (tertiary/aromatic N) is 3. The molecule has 1 saturated heterocycles. The van der Waals surface area contributed by atoms with Crippen molar-refractivity contribution in [2.45, 2.75) is 38.3 Å². The number of aromatic amines is 1. The molecule has 3 heterocycles. The minimum absolute atomic E-state index is 0.0326. The second kappa shape index (κ2) is 8.69. The van der Waals surface area contributed by atoms with Gasteiger partial charge in [-0.1, -0.05) is 12.5 Å². The highest BCUT2D eigenvalue weighted by molar-refractivity contribution is 5.90. The average molecular weight is 367 g/mol. The minimum atomic E-state index is -0.0326. The summed E-state index contributed by atoms with van der Waals surface area (Å²) in [5.74, 6) is 3.21. The van der Waals surface area contributed by atoms with Gasteiger partial charge in [-0.2, -0.15) is 0 Å². The van der Waals surface area contributed by atoms with Crippen LogP contribution in [0.4, 0.5) is 5.82 Å². The van der Waals surface area contributed by atoms with Gasteiger partial charge < -0.3 is 19.9 Å². The van der Waals surface area contributed by atoms with Gasteiger partial charge in [-0.15, -0.1) is 6.42 Å². The van der Waals surface area contributed by atoms with Crippen molar-refractivity contribution in [1.82, 2.24) is 19.9 Å². The lowest BCUT2D eigenvalue weighted by molar-refractivity contribution is -0.129. The van der Waals surface area contributed by atoms with Crippen molar-refractivity contribution in [2.75, 3.05) is 25.1 Å². The van der Waals surface area contributed by atoms with Gasteiger partial charge in [0.1, 0.15) is 24.4 Å². The number of piperidine rings is 1. The number of hydrogen-bond acceptors (Lipinski definition) is 5. The summed E-state index contributed by atoms with van der Waals surface area (Å²) < 4.78 is 5.39. The number of nitrogens with one attached hydrogen (secondary N) is 2. The van der Waals surface area contributed by atoms with Crippen LogP contribution < -0.4 is 5.32 Å². The Morgan fingerprint density at radius 2 is 2.41 bits per heavy atom. The molecule has 0 radical (unpaired) electrons. The number of carbonyl (C=O) groups is 1. The third kappa shape index (κ3) is 4.29. The van der Waals surface area contributed by atoms with Crippen LogP contribution in [-0.4, -0.2) is 57.6 Å². The number of terminal acetylenes is 1. The number of carbonyl (C=O) groups excluding carboxylic acids is 1. The van der Waals surface area contributed by atoms with Gasteiger partial charge >= 0.3 is 0 Å². The van der Waals surface area contributed by atoms with Crippen LogP contribution in [0, 0.1) is 12.3 Å². The first kappa shape index (κ1) is 18.9. The molecule has 7 heteroatoms. The Hall–Kier alpha value is -2.85. The van der Waals surface area contributed by atoms with Crippen LogP contribution in [0.25, 0.3) is 11.0 Å². The third-order valence-electron chi connectivity index (χ3n) is 4.93. The molecule has 2 atom stereocenters. The average Bonchev–Trinajstić information content (AvgIpc) is 3.10. The molecule has 0 saturated carbocycles.